The van der Waals surface area contributed by atoms with Crippen LogP contribution in [-0.2, 0) is 4.74 Å². The van der Waals surface area contributed by atoms with Gasteiger partial charge in [-0.2, -0.15) is 0 Å². The largest absolute Gasteiger partial charge is 0.500 e. The number of hydrogen-bond acceptors (Lipinski definition) is 2. The summed E-state index contributed by atoms with van der Waals surface area (Å²) in [6, 6.07) is -0.00216. The normalized spacial score (nSPS) is 16.4. The second-order valence-corrected chi connectivity index (χ2v) is 2.26. The van der Waals surface area contributed by atoms with Gasteiger partial charge in [-0.05, 0) is 0 Å². The molecule has 4 heteroatoms. The predicted octanol–water partition coefficient (Wildman–Crippen LogP) is 0.172. The molecule has 0 aromatic carbocycles. The molecule has 1 saturated heterocycles. The zero-order valence-electron chi connectivity index (χ0n) is 6.38. The van der Waals surface area contributed by atoms with E-state index in [2.05, 4.69) is 11.9 Å². The third-order valence-corrected chi connectivity index (χ3v) is 1.54. The third-order valence-electron chi connectivity index (χ3n) is 1.54. The van der Waals surface area contributed by atoms with Crippen molar-refractivity contribution in [3.05, 3.63) is 12.8 Å². The van der Waals surface area contributed by atoms with Crippen molar-refractivity contribution in [2.75, 3.05) is 26.2 Å². The topological polar surface area (TPSA) is 41.6 Å². The molecule has 0 atom stereocenters. The van der Waals surface area contributed by atoms with E-state index in [1.165, 1.54) is 6.26 Å². The minimum Gasteiger partial charge on any atom is -0.500 e. The Hall–Kier alpha value is -1.19. The molecular weight excluding hydrogens is 144 g/mol. The molecule has 4 nitrogen and oxygen atoms in total. The van der Waals surface area contributed by atoms with E-state index in [-0.39, 0.29) is 6.03 Å². The molecular formula is C7H12N2O2. The van der Waals surface area contributed by atoms with Gasteiger partial charge >= 0.3 is 6.03 Å². The quantitative estimate of drug-likeness (QED) is 0.465. The van der Waals surface area contributed by atoms with Gasteiger partial charge in [0.2, 0.25) is 0 Å². The highest BCUT2D eigenvalue weighted by atomic mass is 16.5. The molecule has 0 aromatic rings. The Morgan fingerprint density at radius 2 is 2.64 bits per heavy atom. The SMILES string of the molecule is C=COCCN1CCNC1=O. The standard InChI is InChI=1S/C7H12N2O2/c1-2-11-6-5-9-4-3-8-7(9)10/h2H,1,3-6H2,(H,8,10). The van der Waals surface area contributed by atoms with Gasteiger partial charge in [0.25, 0.3) is 0 Å². The van der Waals surface area contributed by atoms with Gasteiger partial charge in [0.15, 0.2) is 0 Å². The van der Waals surface area contributed by atoms with Crippen LogP contribution < -0.4 is 5.32 Å². The molecule has 0 spiro atoms. The number of carbonyl (C=O) groups is 1. The van der Waals surface area contributed by atoms with Crippen LogP contribution in [0, 0.1) is 0 Å². The lowest BCUT2D eigenvalue weighted by Crippen LogP contribution is -2.30. The minimum atomic E-state index is -0.00216. The van der Waals surface area contributed by atoms with Crippen LogP contribution in [0.15, 0.2) is 12.8 Å². The zero-order valence-corrected chi connectivity index (χ0v) is 6.38. The van der Waals surface area contributed by atoms with Crippen molar-refractivity contribution in [3.63, 3.8) is 0 Å². The van der Waals surface area contributed by atoms with E-state index < -0.39 is 0 Å². The van der Waals surface area contributed by atoms with Crippen molar-refractivity contribution >= 4 is 6.03 Å². The molecule has 1 heterocycles. The smallest absolute Gasteiger partial charge is 0.317 e. The first kappa shape index (κ1) is 7.91. The van der Waals surface area contributed by atoms with Crippen LogP contribution in [0.3, 0.4) is 0 Å². The lowest BCUT2D eigenvalue weighted by atomic mass is 10.5. The third kappa shape index (κ3) is 2.14. The van der Waals surface area contributed by atoms with Crippen molar-refractivity contribution in [2.24, 2.45) is 0 Å². The molecule has 1 rings (SSSR count). The Morgan fingerprint density at radius 1 is 1.82 bits per heavy atom. The summed E-state index contributed by atoms with van der Waals surface area (Å²) in [5.74, 6) is 0. The highest BCUT2D eigenvalue weighted by Crippen LogP contribution is 1.95. The zero-order chi connectivity index (χ0) is 8.10. The molecule has 62 valence electrons. The van der Waals surface area contributed by atoms with Crippen molar-refractivity contribution in [1.82, 2.24) is 10.2 Å². The Kier molecular flexibility index (Phi) is 2.77. The Bertz CT molecular complexity index is 159. The Labute approximate surface area is 65.8 Å². The van der Waals surface area contributed by atoms with Crippen LogP contribution in [-0.4, -0.2) is 37.2 Å². The fraction of sp³-hybridized carbons (Fsp3) is 0.571. The average molecular weight is 156 g/mol. The first-order chi connectivity index (χ1) is 5.34. The Balaban J connectivity index is 2.15. The van der Waals surface area contributed by atoms with Crippen LogP contribution in [0.5, 0.6) is 0 Å². The lowest BCUT2D eigenvalue weighted by Gasteiger charge is -2.12. The number of rotatable bonds is 4. The van der Waals surface area contributed by atoms with Crippen LogP contribution in [0.2, 0.25) is 0 Å². The molecule has 0 bridgehead atoms. The highest BCUT2D eigenvalue weighted by molar-refractivity contribution is 5.76. The summed E-state index contributed by atoms with van der Waals surface area (Å²) in [7, 11) is 0. The van der Waals surface area contributed by atoms with Gasteiger partial charge in [-0.3, -0.25) is 0 Å². The maximum absolute atomic E-state index is 10.9. The molecule has 0 radical (unpaired) electrons. The maximum atomic E-state index is 10.9. The van der Waals surface area contributed by atoms with Crippen molar-refractivity contribution in [2.45, 2.75) is 0 Å². The van der Waals surface area contributed by atoms with Crippen LogP contribution >= 0.6 is 0 Å². The van der Waals surface area contributed by atoms with Gasteiger partial charge in [0.1, 0.15) is 6.61 Å². The minimum absolute atomic E-state index is 0.00216. The lowest BCUT2D eigenvalue weighted by molar-refractivity contribution is 0.186. The van der Waals surface area contributed by atoms with E-state index in [9.17, 15) is 4.79 Å². The van der Waals surface area contributed by atoms with Crippen LogP contribution in [0.1, 0.15) is 0 Å². The van der Waals surface area contributed by atoms with Crippen LogP contribution in [0.25, 0.3) is 0 Å². The van der Waals surface area contributed by atoms with E-state index in [4.69, 9.17) is 4.74 Å². The highest BCUT2D eigenvalue weighted by Gasteiger charge is 2.18. The van der Waals surface area contributed by atoms with E-state index in [0.717, 1.165) is 13.1 Å². The van der Waals surface area contributed by atoms with Gasteiger partial charge in [-0.15, -0.1) is 0 Å². The first-order valence-corrected chi connectivity index (χ1v) is 3.60. The predicted molar refractivity (Wildman–Crippen MR) is 41.1 cm³/mol. The number of amides is 2. The van der Waals surface area contributed by atoms with E-state index in [1.54, 1.807) is 4.90 Å². The molecule has 1 aliphatic rings. The van der Waals surface area contributed by atoms with Gasteiger partial charge in [0, 0.05) is 13.1 Å². The van der Waals surface area contributed by atoms with E-state index >= 15 is 0 Å². The number of urea groups is 1. The number of carbonyl (C=O) groups excluding carboxylic acids is 1. The number of hydrogen-bond donors (Lipinski definition) is 1. The molecule has 0 unspecified atom stereocenters. The number of nitrogens with one attached hydrogen (secondary N) is 1. The van der Waals surface area contributed by atoms with Crippen LogP contribution in [0.4, 0.5) is 4.79 Å². The van der Waals surface area contributed by atoms with Gasteiger partial charge < -0.3 is 15.0 Å². The molecule has 0 saturated carbocycles. The van der Waals surface area contributed by atoms with E-state index in [1.807, 2.05) is 0 Å². The summed E-state index contributed by atoms with van der Waals surface area (Å²) >= 11 is 0. The molecule has 1 fully saturated rings. The molecule has 2 amide bonds. The van der Waals surface area contributed by atoms with E-state index in [0.29, 0.717) is 13.2 Å². The second kappa shape index (κ2) is 3.85. The fourth-order valence-electron chi connectivity index (χ4n) is 0.971. The molecule has 11 heavy (non-hydrogen) atoms. The molecule has 0 aliphatic carbocycles. The second-order valence-electron chi connectivity index (χ2n) is 2.26. The molecule has 1 aliphatic heterocycles. The molecule has 1 N–H and O–H groups in total. The first-order valence-electron chi connectivity index (χ1n) is 3.60. The summed E-state index contributed by atoms with van der Waals surface area (Å²) in [6.07, 6.45) is 1.38. The summed E-state index contributed by atoms with van der Waals surface area (Å²) in [5.41, 5.74) is 0. The summed E-state index contributed by atoms with van der Waals surface area (Å²) < 4.78 is 4.89. The van der Waals surface area contributed by atoms with Gasteiger partial charge in [-0.1, -0.05) is 6.58 Å². The van der Waals surface area contributed by atoms with Crippen molar-refractivity contribution in [1.29, 1.82) is 0 Å². The molecule has 0 aromatic heterocycles. The number of nitrogens with zero attached hydrogens (tertiary/aromatic N) is 1. The number of ether oxygens (including phenoxy) is 1. The monoisotopic (exact) mass is 156 g/mol. The fourth-order valence-corrected chi connectivity index (χ4v) is 0.971. The Morgan fingerprint density at radius 3 is 3.18 bits per heavy atom. The maximum Gasteiger partial charge on any atom is 0.317 e. The van der Waals surface area contributed by atoms with Gasteiger partial charge in [-0.25, -0.2) is 4.79 Å². The summed E-state index contributed by atoms with van der Waals surface area (Å²) in [4.78, 5) is 12.6. The van der Waals surface area contributed by atoms with Gasteiger partial charge in [0.05, 0.1) is 12.8 Å². The summed E-state index contributed by atoms with van der Waals surface area (Å²) in [6.45, 7) is 6.08. The summed E-state index contributed by atoms with van der Waals surface area (Å²) in [5, 5.41) is 2.70. The average Bonchev–Trinajstić information content (AvgIpc) is 2.37. The van der Waals surface area contributed by atoms with Crippen molar-refractivity contribution < 1.29 is 9.53 Å². The van der Waals surface area contributed by atoms with Crippen molar-refractivity contribution in [3.8, 4) is 0 Å².